The molecule has 6 nitrogen and oxygen atoms in total. The van der Waals surface area contributed by atoms with E-state index in [0.29, 0.717) is 12.4 Å². The maximum Gasteiger partial charge on any atom is 0.232 e. The molecular formula is C18H18N4O2. The van der Waals surface area contributed by atoms with Crippen molar-refractivity contribution in [3.8, 4) is 17.3 Å². The normalized spacial score (nSPS) is 12.8. The average molecular weight is 322 g/mol. The molecule has 0 bridgehead atoms. The summed E-state index contributed by atoms with van der Waals surface area (Å²) in [5.41, 5.74) is 9.15. The van der Waals surface area contributed by atoms with Gasteiger partial charge in [-0.05, 0) is 38.1 Å². The summed E-state index contributed by atoms with van der Waals surface area (Å²) in [5, 5.41) is 5.56. The molecule has 4 aromatic rings. The summed E-state index contributed by atoms with van der Waals surface area (Å²) in [7, 11) is 0. The van der Waals surface area contributed by atoms with Gasteiger partial charge in [0.15, 0.2) is 11.4 Å². The summed E-state index contributed by atoms with van der Waals surface area (Å²) in [6.07, 6.45) is 1.65. The molecule has 0 aliphatic rings. The summed E-state index contributed by atoms with van der Waals surface area (Å²) >= 11 is 0. The summed E-state index contributed by atoms with van der Waals surface area (Å²) in [6, 6.07) is 11.8. The van der Waals surface area contributed by atoms with Gasteiger partial charge in [-0.25, -0.2) is 9.50 Å². The van der Waals surface area contributed by atoms with E-state index in [1.54, 1.807) is 16.8 Å². The highest BCUT2D eigenvalue weighted by Crippen LogP contribution is 2.29. The van der Waals surface area contributed by atoms with Gasteiger partial charge in [-0.2, -0.15) is 0 Å². The molecule has 122 valence electrons. The average Bonchev–Trinajstić information content (AvgIpc) is 3.17. The second-order valence-electron chi connectivity index (χ2n) is 5.90. The Bertz CT molecular complexity index is 1020. The van der Waals surface area contributed by atoms with Crippen LogP contribution in [0.5, 0.6) is 5.88 Å². The number of fused-ring (bicyclic) bond motifs is 2. The number of aromatic nitrogens is 3. The maximum absolute atomic E-state index is 5.96. The second-order valence-corrected chi connectivity index (χ2v) is 5.90. The highest BCUT2D eigenvalue weighted by atomic mass is 16.5. The van der Waals surface area contributed by atoms with Crippen LogP contribution < -0.4 is 10.5 Å². The van der Waals surface area contributed by atoms with Gasteiger partial charge < -0.3 is 14.9 Å². The van der Waals surface area contributed by atoms with Crippen molar-refractivity contribution in [2.45, 2.75) is 20.0 Å². The van der Waals surface area contributed by atoms with Gasteiger partial charge in [0.25, 0.3) is 0 Å². The number of aryl methyl sites for hydroxylation is 1. The van der Waals surface area contributed by atoms with Gasteiger partial charge in [-0.3, -0.25) is 0 Å². The quantitative estimate of drug-likeness (QED) is 0.624. The summed E-state index contributed by atoms with van der Waals surface area (Å²) in [6.45, 7) is 4.39. The largest absolute Gasteiger partial charge is 0.472 e. The minimum Gasteiger partial charge on any atom is -0.472 e. The number of ether oxygens (including phenoxy) is 1. The first-order chi connectivity index (χ1) is 11.6. The molecule has 1 aromatic carbocycles. The van der Waals surface area contributed by atoms with E-state index in [1.807, 2.05) is 31.2 Å². The van der Waals surface area contributed by atoms with E-state index < -0.39 is 0 Å². The van der Waals surface area contributed by atoms with Gasteiger partial charge in [0, 0.05) is 18.0 Å². The van der Waals surface area contributed by atoms with Crippen LogP contribution in [-0.2, 0) is 0 Å². The fourth-order valence-electron chi connectivity index (χ4n) is 2.63. The standard InChI is InChI=1S/C18H18N4O2/c1-11-3-4-15-13(7-11)8-16(24-15)14-10-20-17-5-6-18(21-22(14)17)23-12(2)9-19/h3-8,10,12H,9,19H2,1-2H3. The van der Waals surface area contributed by atoms with Crippen LogP contribution in [-0.4, -0.2) is 27.2 Å². The molecular weight excluding hydrogens is 304 g/mol. The van der Waals surface area contributed by atoms with Crippen LogP contribution in [0.2, 0.25) is 0 Å². The molecule has 3 aromatic heterocycles. The lowest BCUT2D eigenvalue weighted by atomic mass is 10.2. The minimum atomic E-state index is -0.101. The molecule has 4 rings (SSSR count). The second kappa shape index (κ2) is 5.65. The van der Waals surface area contributed by atoms with Crippen LogP contribution in [0.25, 0.3) is 28.1 Å². The Kier molecular flexibility index (Phi) is 3.46. The maximum atomic E-state index is 5.96. The zero-order valence-electron chi connectivity index (χ0n) is 13.6. The lowest BCUT2D eigenvalue weighted by molar-refractivity contribution is 0.217. The van der Waals surface area contributed by atoms with E-state index >= 15 is 0 Å². The lowest BCUT2D eigenvalue weighted by Crippen LogP contribution is -2.23. The van der Waals surface area contributed by atoms with Crippen LogP contribution in [0.3, 0.4) is 0 Å². The van der Waals surface area contributed by atoms with Crippen molar-refractivity contribution in [2.24, 2.45) is 5.73 Å². The number of hydrogen-bond donors (Lipinski definition) is 1. The van der Waals surface area contributed by atoms with Crippen molar-refractivity contribution in [1.82, 2.24) is 14.6 Å². The molecule has 0 amide bonds. The number of benzene rings is 1. The molecule has 0 saturated carbocycles. The van der Waals surface area contributed by atoms with Crippen molar-refractivity contribution in [3.63, 3.8) is 0 Å². The summed E-state index contributed by atoms with van der Waals surface area (Å²) in [4.78, 5) is 4.38. The molecule has 0 radical (unpaired) electrons. The topological polar surface area (TPSA) is 78.6 Å². The molecule has 6 heteroatoms. The lowest BCUT2D eigenvalue weighted by Gasteiger charge is -2.11. The molecule has 1 unspecified atom stereocenters. The first-order valence-corrected chi connectivity index (χ1v) is 7.86. The Morgan fingerprint density at radius 1 is 1.25 bits per heavy atom. The fraction of sp³-hybridized carbons (Fsp3) is 0.222. The van der Waals surface area contributed by atoms with E-state index in [1.165, 1.54) is 5.56 Å². The smallest absolute Gasteiger partial charge is 0.232 e. The van der Waals surface area contributed by atoms with E-state index in [9.17, 15) is 0 Å². The fourth-order valence-corrected chi connectivity index (χ4v) is 2.63. The van der Waals surface area contributed by atoms with Crippen molar-refractivity contribution < 1.29 is 9.15 Å². The molecule has 0 spiro atoms. The number of rotatable bonds is 4. The van der Waals surface area contributed by atoms with Crippen molar-refractivity contribution in [1.29, 1.82) is 0 Å². The first-order valence-electron chi connectivity index (χ1n) is 7.86. The summed E-state index contributed by atoms with van der Waals surface area (Å²) in [5.74, 6) is 1.23. The molecule has 2 N–H and O–H groups in total. The third-order valence-corrected chi connectivity index (χ3v) is 3.92. The van der Waals surface area contributed by atoms with Crippen LogP contribution >= 0.6 is 0 Å². The number of furan rings is 1. The van der Waals surface area contributed by atoms with E-state index in [-0.39, 0.29) is 6.10 Å². The van der Waals surface area contributed by atoms with Gasteiger partial charge in [-0.1, -0.05) is 11.6 Å². The monoisotopic (exact) mass is 322 g/mol. The van der Waals surface area contributed by atoms with Crippen LogP contribution in [0.15, 0.2) is 47.0 Å². The highest BCUT2D eigenvalue weighted by molar-refractivity contribution is 5.83. The van der Waals surface area contributed by atoms with Crippen LogP contribution in [0.4, 0.5) is 0 Å². The Morgan fingerprint density at radius 3 is 2.96 bits per heavy atom. The number of hydrogen-bond acceptors (Lipinski definition) is 5. The molecule has 0 aliphatic carbocycles. The molecule has 3 heterocycles. The molecule has 0 fully saturated rings. The molecule has 0 saturated heterocycles. The van der Waals surface area contributed by atoms with Crippen LogP contribution in [0, 0.1) is 6.92 Å². The van der Waals surface area contributed by atoms with E-state index in [4.69, 9.17) is 14.9 Å². The van der Waals surface area contributed by atoms with E-state index in [0.717, 1.165) is 28.1 Å². The third kappa shape index (κ3) is 2.51. The Hall–Kier alpha value is -2.86. The number of nitrogens with zero attached hydrogens (tertiary/aromatic N) is 3. The Morgan fingerprint density at radius 2 is 2.12 bits per heavy atom. The summed E-state index contributed by atoms with van der Waals surface area (Å²) < 4.78 is 13.4. The third-order valence-electron chi connectivity index (χ3n) is 3.92. The number of nitrogens with two attached hydrogens (primary N) is 1. The Labute approximate surface area is 138 Å². The molecule has 1 atom stereocenters. The van der Waals surface area contributed by atoms with Crippen molar-refractivity contribution >= 4 is 16.6 Å². The van der Waals surface area contributed by atoms with Crippen molar-refractivity contribution in [3.05, 3.63) is 48.2 Å². The van der Waals surface area contributed by atoms with Gasteiger partial charge in [0.05, 0.1) is 6.20 Å². The molecule has 0 aliphatic heterocycles. The SMILES string of the molecule is Cc1ccc2oc(-c3cnc4ccc(OC(C)CN)nn34)cc2c1. The Balaban J connectivity index is 1.81. The predicted octanol–water partition coefficient (Wildman–Crippen LogP) is 3.18. The van der Waals surface area contributed by atoms with Gasteiger partial charge in [0.2, 0.25) is 5.88 Å². The number of imidazole rings is 1. The molecule has 24 heavy (non-hydrogen) atoms. The van der Waals surface area contributed by atoms with Gasteiger partial charge >= 0.3 is 0 Å². The van der Waals surface area contributed by atoms with Gasteiger partial charge in [-0.15, -0.1) is 5.10 Å². The highest BCUT2D eigenvalue weighted by Gasteiger charge is 2.14. The predicted molar refractivity (Wildman–Crippen MR) is 92.1 cm³/mol. The zero-order valence-corrected chi connectivity index (χ0v) is 13.6. The zero-order chi connectivity index (χ0) is 16.7. The van der Waals surface area contributed by atoms with Gasteiger partial charge in [0.1, 0.15) is 17.4 Å². The first kappa shape index (κ1) is 14.7. The van der Waals surface area contributed by atoms with Crippen molar-refractivity contribution in [2.75, 3.05) is 6.54 Å². The minimum absolute atomic E-state index is 0.101. The van der Waals surface area contributed by atoms with E-state index in [2.05, 4.69) is 23.1 Å². The van der Waals surface area contributed by atoms with Crippen LogP contribution in [0.1, 0.15) is 12.5 Å².